The number of rotatable bonds is 7. The van der Waals surface area contributed by atoms with Gasteiger partial charge in [0, 0.05) is 25.8 Å². The topological polar surface area (TPSA) is 49.8 Å². The van der Waals surface area contributed by atoms with Gasteiger partial charge < -0.3 is 14.7 Å². The number of anilines is 1. The molecular formula is C15H20ClNO3. The van der Waals surface area contributed by atoms with Gasteiger partial charge in [0.2, 0.25) is 0 Å². The van der Waals surface area contributed by atoms with Gasteiger partial charge in [0.05, 0.1) is 17.3 Å². The zero-order chi connectivity index (χ0) is 15.1. The standard InChI is InChI=1S/C15H20ClNO3/c1-4-17(11(2)10-20-3)15-12(8-9-14(18)19)6-5-7-13(15)16/h5-9,11H,4,10H2,1-3H3,(H,18,19)/b9-8+. The van der Waals surface area contributed by atoms with E-state index >= 15 is 0 Å². The molecule has 0 radical (unpaired) electrons. The Morgan fingerprint density at radius 1 is 1.55 bits per heavy atom. The van der Waals surface area contributed by atoms with Crippen LogP contribution in [-0.2, 0) is 9.53 Å². The van der Waals surface area contributed by atoms with Crippen molar-refractivity contribution in [2.45, 2.75) is 19.9 Å². The number of para-hydroxylation sites is 1. The molecule has 0 saturated carbocycles. The lowest BCUT2D eigenvalue weighted by molar-refractivity contribution is -0.131. The summed E-state index contributed by atoms with van der Waals surface area (Å²) in [6.45, 7) is 5.39. The van der Waals surface area contributed by atoms with Gasteiger partial charge in [0.25, 0.3) is 0 Å². The average Bonchev–Trinajstić information content (AvgIpc) is 2.39. The maximum absolute atomic E-state index is 10.7. The van der Waals surface area contributed by atoms with Crippen molar-refractivity contribution in [1.82, 2.24) is 0 Å². The fourth-order valence-electron chi connectivity index (χ4n) is 2.15. The van der Waals surface area contributed by atoms with E-state index in [0.29, 0.717) is 11.6 Å². The molecule has 1 rings (SSSR count). The van der Waals surface area contributed by atoms with E-state index < -0.39 is 5.97 Å². The van der Waals surface area contributed by atoms with Crippen LogP contribution in [0.4, 0.5) is 5.69 Å². The molecule has 5 heteroatoms. The Morgan fingerprint density at radius 2 is 2.25 bits per heavy atom. The van der Waals surface area contributed by atoms with Gasteiger partial charge in [-0.15, -0.1) is 0 Å². The number of ether oxygens (including phenoxy) is 1. The van der Waals surface area contributed by atoms with Gasteiger partial charge in [-0.25, -0.2) is 4.79 Å². The summed E-state index contributed by atoms with van der Waals surface area (Å²) in [6.07, 6.45) is 2.68. The summed E-state index contributed by atoms with van der Waals surface area (Å²) in [5.74, 6) is -0.982. The number of carboxylic acid groups (broad SMARTS) is 1. The van der Waals surface area contributed by atoms with Crippen LogP contribution in [-0.4, -0.2) is 37.4 Å². The highest BCUT2D eigenvalue weighted by atomic mass is 35.5. The molecule has 0 aliphatic carbocycles. The van der Waals surface area contributed by atoms with Crippen molar-refractivity contribution in [3.05, 3.63) is 34.9 Å². The molecule has 1 aromatic carbocycles. The molecule has 1 atom stereocenters. The molecule has 0 amide bonds. The number of likely N-dealkylation sites (N-methyl/N-ethyl adjacent to an activating group) is 1. The first-order valence-electron chi connectivity index (χ1n) is 6.46. The molecule has 1 unspecified atom stereocenters. The molecule has 20 heavy (non-hydrogen) atoms. The number of hydrogen-bond acceptors (Lipinski definition) is 3. The molecule has 0 heterocycles. The van der Waals surface area contributed by atoms with E-state index in [1.54, 1.807) is 19.3 Å². The number of halogens is 1. The Labute approximate surface area is 124 Å². The van der Waals surface area contributed by atoms with E-state index in [1.165, 1.54) is 0 Å². The third kappa shape index (κ3) is 4.25. The predicted molar refractivity (Wildman–Crippen MR) is 82.5 cm³/mol. The second-order valence-corrected chi connectivity index (χ2v) is 4.85. The summed E-state index contributed by atoms with van der Waals surface area (Å²) in [6, 6.07) is 5.60. The van der Waals surface area contributed by atoms with Crippen LogP contribution in [0.2, 0.25) is 5.02 Å². The molecule has 1 N–H and O–H groups in total. The summed E-state index contributed by atoms with van der Waals surface area (Å²) in [7, 11) is 1.65. The van der Waals surface area contributed by atoms with Crippen LogP contribution >= 0.6 is 11.6 Å². The molecule has 0 aromatic heterocycles. The van der Waals surface area contributed by atoms with Gasteiger partial charge >= 0.3 is 5.97 Å². The number of methoxy groups -OCH3 is 1. The van der Waals surface area contributed by atoms with Crippen molar-refractivity contribution >= 4 is 29.3 Å². The Kier molecular flexibility index (Phi) is 6.55. The van der Waals surface area contributed by atoms with E-state index in [0.717, 1.165) is 23.9 Å². The number of nitrogens with zero attached hydrogens (tertiary/aromatic N) is 1. The zero-order valence-electron chi connectivity index (χ0n) is 12.0. The number of hydrogen-bond donors (Lipinski definition) is 1. The zero-order valence-corrected chi connectivity index (χ0v) is 12.7. The highest BCUT2D eigenvalue weighted by molar-refractivity contribution is 6.33. The smallest absolute Gasteiger partial charge is 0.328 e. The molecule has 0 aliphatic rings. The van der Waals surface area contributed by atoms with E-state index in [-0.39, 0.29) is 6.04 Å². The molecular weight excluding hydrogens is 278 g/mol. The lowest BCUT2D eigenvalue weighted by atomic mass is 10.1. The van der Waals surface area contributed by atoms with Crippen molar-refractivity contribution in [2.75, 3.05) is 25.2 Å². The van der Waals surface area contributed by atoms with Crippen LogP contribution < -0.4 is 4.90 Å². The first-order chi connectivity index (χ1) is 9.51. The van der Waals surface area contributed by atoms with Gasteiger partial charge in [0.15, 0.2) is 0 Å². The molecule has 1 aromatic rings. The quantitative estimate of drug-likeness (QED) is 0.785. The number of carboxylic acids is 1. The molecule has 4 nitrogen and oxygen atoms in total. The predicted octanol–water partition coefficient (Wildman–Crippen LogP) is 3.30. The minimum atomic E-state index is -0.982. The lowest BCUT2D eigenvalue weighted by Crippen LogP contribution is -2.36. The maximum Gasteiger partial charge on any atom is 0.328 e. The first kappa shape index (κ1) is 16.5. The van der Waals surface area contributed by atoms with Gasteiger partial charge in [-0.05, 0) is 31.6 Å². The minimum absolute atomic E-state index is 0.141. The van der Waals surface area contributed by atoms with Gasteiger partial charge in [0.1, 0.15) is 0 Å². The third-order valence-electron chi connectivity index (χ3n) is 2.99. The molecule has 110 valence electrons. The Balaban J connectivity index is 3.22. The summed E-state index contributed by atoms with van der Waals surface area (Å²) < 4.78 is 5.19. The van der Waals surface area contributed by atoms with Crippen molar-refractivity contribution in [2.24, 2.45) is 0 Å². The SMILES string of the molecule is CCN(c1c(Cl)cccc1/C=C/C(=O)O)C(C)COC. The second-order valence-electron chi connectivity index (χ2n) is 4.44. The van der Waals surface area contributed by atoms with Gasteiger partial charge in [-0.2, -0.15) is 0 Å². The highest BCUT2D eigenvalue weighted by Gasteiger charge is 2.18. The molecule has 0 saturated heterocycles. The number of benzene rings is 1. The first-order valence-corrected chi connectivity index (χ1v) is 6.84. The van der Waals surface area contributed by atoms with Crippen LogP contribution in [0.3, 0.4) is 0 Å². The van der Waals surface area contributed by atoms with Gasteiger partial charge in [-0.1, -0.05) is 23.7 Å². The summed E-state index contributed by atoms with van der Waals surface area (Å²) >= 11 is 6.30. The van der Waals surface area contributed by atoms with E-state index in [9.17, 15) is 4.79 Å². The van der Waals surface area contributed by atoms with Crippen molar-refractivity contribution < 1.29 is 14.6 Å². The normalized spacial score (nSPS) is 12.6. The maximum atomic E-state index is 10.7. The number of aliphatic carboxylic acids is 1. The lowest BCUT2D eigenvalue weighted by Gasteiger charge is -2.31. The Hall–Kier alpha value is -1.52. The fraction of sp³-hybridized carbons (Fsp3) is 0.400. The largest absolute Gasteiger partial charge is 0.478 e. The fourth-order valence-corrected chi connectivity index (χ4v) is 2.44. The second kappa shape index (κ2) is 7.92. The van der Waals surface area contributed by atoms with Crippen LogP contribution in [0, 0.1) is 0 Å². The molecule has 0 fully saturated rings. The van der Waals surface area contributed by atoms with Crippen molar-refractivity contribution in [3.63, 3.8) is 0 Å². The third-order valence-corrected chi connectivity index (χ3v) is 3.30. The van der Waals surface area contributed by atoms with E-state index in [2.05, 4.69) is 4.90 Å². The Bertz CT molecular complexity index is 488. The summed E-state index contributed by atoms with van der Waals surface area (Å²) in [4.78, 5) is 12.8. The van der Waals surface area contributed by atoms with Crippen molar-refractivity contribution in [1.29, 1.82) is 0 Å². The van der Waals surface area contributed by atoms with Crippen LogP contribution in [0.15, 0.2) is 24.3 Å². The highest BCUT2D eigenvalue weighted by Crippen LogP contribution is 2.32. The van der Waals surface area contributed by atoms with E-state index in [1.807, 2.05) is 26.0 Å². The molecule has 0 bridgehead atoms. The summed E-state index contributed by atoms with van der Waals surface area (Å²) in [5.41, 5.74) is 1.61. The molecule has 0 spiro atoms. The average molecular weight is 298 g/mol. The van der Waals surface area contributed by atoms with E-state index in [4.69, 9.17) is 21.4 Å². The van der Waals surface area contributed by atoms with Crippen LogP contribution in [0.5, 0.6) is 0 Å². The number of carbonyl (C=O) groups is 1. The van der Waals surface area contributed by atoms with Crippen molar-refractivity contribution in [3.8, 4) is 0 Å². The monoisotopic (exact) mass is 297 g/mol. The van der Waals surface area contributed by atoms with Gasteiger partial charge in [-0.3, -0.25) is 0 Å². The van der Waals surface area contributed by atoms with Crippen LogP contribution in [0.1, 0.15) is 19.4 Å². The summed E-state index contributed by atoms with van der Waals surface area (Å²) in [5, 5.41) is 9.37. The van der Waals surface area contributed by atoms with Crippen LogP contribution in [0.25, 0.3) is 6.08 Å². The molecule has 0 aliphatic heterocycles. The minimum Gasteiger partial charge on any atom is -0.478 e. The Morgan fingerprint density at radius 3 is 2.80 bits per heavy atom.